The summed E-state index contributed by atoms with van der Waals surface area (Å²) in [5.41, 5.74) is 3.37. The van der Waals surface area contributed by atoms with Crippen LogP contribution in [0.2, 0.25) is 0 Å². The number of rotatable bonds is 20. The van der Waals surface area contributed by atoms with E-state index in [1.807, 2.05) is 54.6 Å². The van der Waals surface area contributed by atoms with Gasteiger partial charge in [-0.2, -0.15) is 0 Å². The molecule has 4 aliphatic rings. The highest BCUT2D eigenvalue weighted by Gasteiger charge is 2.65. The van der Waals surface area contributed by atoms with E-state index < -0.39 is 23.8 Å². The highest BCUT2D eigenvalue weighted by Crippen LogP contribution is 2.62. The molecule has 0 bridgehead atoms. The third kappa shape index (κ3) is 9.16. The highest BCUT2D eigenvalue weighted by molar-refractivity contribution is 6.03. The molecule has 1 fully saturated rings. The van der Waals surface area contributed by atoms with E-state index >= 15 is 0 Å². The first-order valence-electron chi connectivity index (χ1n) is 22.1. The Balaban J connectivity index is 1.31. The van der Waals surface area contributed by atoms with Crippen LogP contribution in [0, 0.1) is 17.8 Å². The van der Waals surface area contributed by atoms with Gasteiger partial charge in [-0.15, -0.1) is 13.2 Å². The summed E-state index contributed by atoms with van der Waals surface area (Å²) >= 11 is 0. The highest BCUT2D eigenvalue weighted by atomic mass is 16.7. The summed E-state index contributed by atoms with van der Waals surface area (Å²) in [6, 6.07) is 25.1. The largest absolute Gasteiger partial charge is 0.459 e. The van der Waals surface area contributed by atoms with Crippen molar-refractivity contribution in [1.82, 2.24) is 4.90 Å². The molecule has 4 aromatic rings. The summed E-state index contributed by atoms with van der Waals surface area (Å²) in [6.45, 7) is 8.57. The number of benzene rings is 4. The molecule has 2 N–H and O–H groups in total. The Hall–Kier alpha value is -5.82. The van der Waals surface area contributed by atoms with Crippen LogP contribution < -0.4 is 18.9 Å². The Labute approximate surface area is 369 Å². The van der Waals surface area contributed by atoms with Crippen LogP contribution in [0.25, 0.3) is 10.8 Å². The first kappa shape index (κ1) is 43.8. The van der Waals surface area contributed by atoms with Gasteiger partial charge in [-0.25, -0.2) is 4.79 Å². The van der Waals surface area contributed by atoms with Gasteiger partial charge in [0.15, 0.2) is 11.5 Å². The molecule has 1 saturated carbocycles. The van der Waals surface area contributed by atoms with E-state index in [-0.39, 0.29) is 63.9 Å². The van der Waals surface area contributed by atoms with E-state index in [9.17, 15) is 15.0 Å². The molecule has 4 aromatic carbocycles. The molecular weight excluding hydrogens is 801 g/mol. The lowest BCUT2D eigenvalue weighted by Crippen LogP contribution is -2.70. The zero-order valence-corrected chi connectivity index (χ0v) is 36.0. The van der Waals surface area contributed by atoms with Gasteiger partial charge >= 0.3 is 6.09 Å². The number of hydrogen-bond acceptors (Lipinski definition) is 11. The van der Waals surface area contributed by atoms with Gasteiger partial charge in [0.05, 0.1) is 24.8 Å². The number of aliphatic hydroxyl groups is 2. The number of amides is 1. The van der Waals surface area contributed by atoms with E-state index in [1.165, 1.54) is 7.11 Å². The molecule has 0 radical (unpaired) electrons. The third-order valence-electron chi connectivity index (χ3n) is 12.8. The van der Waals surface area contributed by atoms with Crippen LogP contribution in [0.3, 0.4) is 0 Å². The number of ether oxygens (including phenoxy) is 6. The number of allylic oxidation sites excluding steroid dienone is 1. The second-order valence-corrected chi connectivity index (χ2v) is 16.6. The lowest BCUT2D eigenvalue weighted by molar-refractivity contribution is -0.256. The van der Waals surface area contributed by atoms with Crippen molar-refractivity contribution in [3.63, 3.8) is 0 Å². The number of fused-ring (bicyclic) bond motifs is 4. The number of oxime groups is 1. The topological polar surface area (TPSA) is 138 Å². The first-order chi connectivity index (χ1) is 30.9. The van der Waals surface area contributed by atoms with Crippen LogP contribution in [0.5, 0.6) is 28.7 Å². The molecule has 12 nitrogen and oxygen atoms in total. The zero-order chi connectivity index (χ0) is 43.8. The van der Waals surface area contributed by atoms with Crippen molar-refractivity contribution >= 4 is 22.6 Å². The van der Waals surface area contributed by atoms with Crippen molar-refractivity contribution in [3.8, 4) is 28.7 Å². The Morgan fingerprint density at radius 2 is 1.65 bits per heavy atom. The van der Waals surface area contributed by atoms with Gasteiger partial charge < -0.3 is 43.5 Å². The summed E-state index contributed by atoms with van der Waals surface area (Å²) in [4.78, 5) is 22.0. The van der Waals surface area contributed by atoms with Gasteiger partial charge in [0.1, 0.15) is 30.4 Å². The second kappa shape index (κ2) is 20.1. The maximum Gasteiger partial charge on any atom is 0.410 e. The van der Waals surface area contributed by atoms with Crippen LogP contribution in [0.1, 0.15) is 68.4 Å². The number of carbonyl (C=O) groups is 1. The molecule has 6 atom stereocenters. The van der Waals surface area contributed by atoms with E-state index in [0.29, 0.717) is 53.7 Å². The number of unbranched alkanes of at least 4 members (excludes halogenated alkanes) is 2. The summed E-state index contributed by atoms with van der Waals surface area (Å²) in [5, 5.41) is 26.8. The van der Waals surface area contributed by atoms with Crippen molar-refractivity contribution in [2.75, 3.05) is 40.3 Å². The van der Waals surface area contributed by atoms with E-state index in [1.54, 1.807) is 17.1 Å². The Morgan fingerprint density at radius 3 is 2.44 bits per heavy atom. The van der Waals surface area contributed by atoms with Crippen molar-refractivity contribution in [2.24, 2.45) is 22.9 Å². The number of hydrogen-bond donors (Lipinski definition) is 2. The predicted octanol–water partition coefficient (Wildman–Crippen LogP) is 9.84. The minimum absolute atomic E-state index is 0.0404. The lowest BCUT2D eigenvalue weighted by Gasteiger charge is -2.59. The summed E-state index contributed by atoms with van der Waals surface area (Å²) in [5.74, 6) is 1.13. The first-order valence-corrected chi connectivity index (χ1v) is 22.1. The smallest absolute Gasteiger partial charge is 0.410 e. The molecule has 0 saturated heterocycles. The molecule has 332 valence electrons. The average molecular weight is 859 g/mol. The van der Waals surface area contributed by atoms with Crippen LogP contribution in [0.4, 0.5) is 4.79 Å². The summed E-state index contributed by atoms with van der Waals surface area (Å²) in [6.07, 6.45) is 10.5. The summed E-state index contributed by atoms with van der Waals surface area (Å²) in [7, 11) is 1.53. The fourth-order valence-electron chi connectivity index (χ4n) is 10.0. The zero-order valence-electron chi connectivity index (χ0n) is 36.0. The fraction of sp³-hybridized carbons (Fsp3) is 0.412. The fourth-order valence-corrected chi connectivity index (χ4v) is 10.0. The minimum atomic E-state index is -1.47. The van der Waals surface area contributed by atoms with Crippen LogP contribution in [0.15, 0.2) is 121 Å². The Bertz CT molecular complexity index is 2330. The normalized spacial score (nSPS) is 23.5. The van der Waals surface area contributed by atoms with E-state index in [2.05, 4.69) is 43.5 Å². The SMILES string of the molecule is C=CCCOC(=O)N(Cc1ccc2c(c1)OCO2)[C@H]1CC(=NOC)C2=C[C@H](CCCCO)[C@@H](CCCCO)[C@@H]3c4cc(Oc5ccc6ccccc6c5)ccc4O[C@@]1(OCC=C)[C@H]23. The molecule has 0 unspecified atom stereocenters. The van der Waals surface area contributed by atoms with Crippen molar-refractivity contribution < 1.29 is 48.3 Å². The Morgan fingerprint density at radius 1 is 0.889 bits per heavy atom. The van der Waals surface area contributed by atoms with Gasteiger partial charge in [0.25, 0.3) is 0 Å². The number of carbonyl (C=O) groups excluding carboxylic acids is 1. The van der Waals surface area contributed by atoms with Crippen molar-refractivity contribution in [3.05, 3.63) is 127 Å². The maximum absolute atomic E-state index is 14.7. The van der Waals surface area contributed by atoms with Crippen molar-refractivity contribution in [2.45, 2.75) is 75.7 Å². The summed E-state index contributed by atoms with van der Waals surface area (Å²) < 4.78 is 38.5. The minimum Gasteiger partial charge on any atom is -0.459 e. The van der Waals surface area contributed by atoms with E-state index in [0.717, 1.165) is 53.2 Å². The van der Waals surface area contributed by atoms with Gasteiger partial charge in [-0.3, -0.25) is 4.90 Å². The van der Waals surface area contributed by atoms with Gasteiger partial charge in [0, 0.05) is 37.7 Å². The number of nitrogens with zero attached hydrogens (tertiary/aromatic N) is 2. The molecule has 2 aliphatic heterocycles. The molecule has 8 rings (SSSR count). The standard InChI is InChI=1S/C51H58N2O10/c1-4-6-26-58-50(56)53(32-34-17-21-45-46(27-34)60-33-59-45)47-31-43(52-57-3)41-29-37(15-9-11-23-54)40(16-10-12-24-55)48-42-30-39(62-38-19-18-35-13-7-8-14-36(35)28-38)20-22-44(42)63-51(47,49(41)48)61-25-5-2/h4-5,7-8,13-14,17-22,27-30,37,40,47-49,54-55H,1-2,6,9-12,15-16,23-26,31-33H2,3H3/t37-,40+,47-,48+,49+,51+/m0/s1. The van der Waals surface area contributed by atoms with Gasteiger partial charge in [-0.05, 0) is 108 Å². The van der Waals surface area contributed by atoms with Gasteiger partial charge in [0.2, 0.25) is 12.6 Å². The molecule has 0 aromatic heterocycles. The van der Waals surface area contributed by atoms with E-state index in [4.69, 9.17) is 38.4 Å². The molecule has 2 heterocycles. The molecular formula is C51H58N2O10. The Kier molecular flexibility index (Phi) is 14.0. The quantitative estimate of drug-likeness (QED) is 0.0502. The molecule has 12 heteroatoms. The second-order valence-electron chi connectivity index (χ2n) is 16.6. The van der Waals surface area contributed by atoms with Crippen LogP contribution in [-0.4, -0.2) is 79.1 Å². The van der Waals surface area contributed by atoms with Crippen LogP contribution >= 0.6 is 0 Å². The molecule has 63 heavy (non-hydrogen) atoms. The number of aliphatic hydroxyl groups excluding tert-OH is 2. The molecule has 2 aliphatic carbocycles. The van der Waals surface area contributed by atoms with Gasteiger partial charge in [-0.1, -0.05) is 72.6 Å². The maximum atomic E-state index is 14.7. The molecule has 0 spiro atoms. The van der Waals surface area contributed by atoms with Crippen molar-refractivity contribution in [1.29, 1.82) is 0 Å². The lowest BCUT2D eigenvalue weighted by atomic mass is 9.55. The molecule has 1 amide bonds. The third-order valence-corrected chi connectivity index (χ3v) is 12.8. The predicted molar refractivity (Wildman–Crippen MR) is 240 cm³/mol. The average Bonchev–Trinajstić information content (AvgIpc) is 3.77. The van der Waals surface area contributed by atoms with Crippen LogP contribution in [-0.2, 0) is 20.9 Å². The monoisotopic (exact) mass is 858 g/mol.